The lowest BCUT2D eigenvalue weighted by atomic mass is 10.2. The van der Waals surface area contributed by atoms with E-state index in [2.05, 4.69) is 19.2 Å². The monoisotopic (exact) mass is 289 g/mol. The van der Waals surface area contributed by atoms with Gasteiger partial charge in [0.15, 0.2) is 0 Å². The van der Waals surface area contributed by atoms with Crippen molar-refractivity contribution in [2.75, 3.05) is 19.8 Å². The number of nitrogens with one attached hydrogen (secondary N) is 1. The summed E-state index contributed by atoms with van der Waals surface area (Å²) in [4.78, 5) is 0. The third kappa shape index (κ3) is 5.16. The summed E-state index contributed by atoms with van der Waals surface area (Å²) in [6, 6.07) is 11.8. The standard InChI is InChI=1S/C17H23NO3/c1-3-11-19-15-6-8-16(9-7-15)20-13-10-18-14(2)17-5-4-12-21-17/h4-9,12,14,18H,3,10-11,13H2,1-2H3. The largest absolute Gasteiger partial charge is 0.494 e. The van der Waals surface area contributed by atoms with Crippen LogP contribution in [0.15, 0.2) is 47.1 Å². The highest BCUT2D eigenvalue weighted by atomic mass is 16.5. The van der Waals surface area contributed by atoms with Gasteiger partial charge in [0, 0.05) is 6.54 Å². The summed E-state index contributed by atoms with van der Waals surface area (Å²) in [6.07, 6.45) is 2.70. The average molecular weight is 289 g/mol. The van der Waals surface area contributed by atoms with Gasteiger partial charge in [-0.2, -0.15) is 0 Å². The fourth-order valence-electron chi connectivity index (χ4n) is 1.93. The van der Waals surface area contributed by atoms with E-state index in [1.54, 1.807) is 6.26 Å². The molecule has 0 aliphatic heterocycles. The molecule has 21 heavy (non-hydrogen) atoms. The molecule has 4 nitrogen and oxygen atoms in total. The molecule has 0 aliphatic carbocycles. The summed E-state index contributed by atoms with van der Waals surface area (Å²) in [7, 11) is 0. The summed E-state index contributed by atoms with van der Waals surface area (Å²) in [5.74, 6) is 2.67. The van der Waals surface area contributed by atoms with Gasteiger partial charge in [0.05, 0.1) is 18.9 Å². The number of hydrogen-bond donors (Lipinski definition) is 1. The molecule has 114 valence electrons. The molecule has 0 bridgehead atoms. The highest BCUT2D eigenvalue weighted by Crippen LogP contribution is 2.17. The lowest BCUT2D eigenvalue weighted by Crippen LogP contribution is -2.24. The van der Waals surface area contributed by atoms with Crippen LogP contribution >= 0.6 is 0 Å². The van der Waals surface area contributed by atoms with Crippen LogP contribution in [0.1, 0.15) is 32.1 Å². The molecule has 0 amide bonds. The second-order valence-electron chi connectivity index (χ2n) is 4.86. The van der Waals surface area contributed by atoms with E-state index in [0.717, 1.165) is 36.8 Å². The van der Waals surface area contributed by atoms with Gasteiger partial charge in [-0.1, -0.05) is 6.92 Å². The second kappa shape index (κ2) is 8.37. The van der Waals surface area contributed by atoms with Crippen molar-refractivity contribution in [2.24, 2.45) is 0 Å². The van der Waals surface area contributed by atoms with Gasteiger partial charge >= 0.3 is 0 Å². The van der Waals surface area contributed by atoms with Gasteiger partial charge in [-0.25, -0.2) is 0 Å². The van der Waals surface area contributed by atoms with Crippen LogP contribution in [0.2, 0.25) is 0 Å². The average Bonchev–Trinajstić information content (AvgIpc) is 3.05. The fourth-order valence-corrected chi connectivity index (χ4v) is 1.93. The summed E-state index contributed by atoms with van der Waals surface area (Å²) in [6.45, 7) is 6.28. The van der Waals surface area contributed by atoms with Crippen LogP contribution in [-0.2, 0) is 0 Å². The van der Waals surface area contributed by atoms with Crippen LogP contribution in [-0.4, -0.2) is 19.8 Å². The molecule has 0 saturated carbocycles. The first-order chi connectivity index (χ1) is 10.3. The zero-order valence-electron chi connectivity index (χ0n) is 12.7. The quantitative estimate of drug-likeness (QED) is 0.713. The van der Waals surface area contributed by atoms with Gasteiger partial charge in [-0.05, 0) is 49.7 Å². The molecular weight excluding hydrogens is 266 g/mol. The molecule has 4 heteroatoms. The maximum Gasteiger partial charge on any atom is 0.120 e. The summed E-state index contributed by atoms with van der Waals surface area (Å²) >= 11 is 0. The topological polar surface area (TPSA) is 43.6 Å². The molecule has 1 atom stereocenters. The van der Waals surface area contributed by atoms with E-state index in [4.69, 9.17) is 13.9 Å². The van der Waals surface area contributed by atoms with Crippen LogP contribution in [0.5, 0.6) is 11.5 Å². The maximum atomic E-state index is 5.68. The van der Waals surface area contributed by atoms with Crippen LogP contribution in [0.3, 0.4) is 0 Å². The highest BCUT2D eigenvalue weighted by Gasteiger charge is 2.06. The molecule has 1 aromatic heterocycles. The molecule has 0 spiro atoms. The summed E-state index contributed by atoms with van der Waals surface area (Å²) < 4.78 is 16.6. The van der Waals surface area contributed by atoms with Crippen LogP contribution in [0, 0.1) is 0 Å². The third-order valence-corrected chi connectivity index (χ3v) is 3.09. The molecule has 1 aromatic carbocycles. The van der Waals surface area contributed by atoms with Crippen molar-refractivity contribution in [3.05, 3.63) is 48.4 Å². The molecule has 1 unspecified atom stereocenters. The van der Waals surface area contributed by atoms with Crippen molar-refractivity contribution in [3.8, 4) is 11.5 Å². The maximum absolute atomic E-state index is 5.68. The Bertz CT molecular complexity index is 493. The zero-order chi connectivity index (χ0) is 14.9. The lowest BCUT2D eigenvalue weighted by Gasteiger charge is -2.12. The number of furan rings is 1. The Hall–Kier alpha value is -1.94. The molecule has 1 N–H and O–H groups in total. The van der Waals surface area contributed by atoms with Crippen molar-refractivity contribution in [1.82, 2.24) is 5.32 Å². The SMILES string of the molecule is CCCOc1ccc(OCCNC(C)c2ccco2)cc1. The van der Waals surface area contributed by atoms with E-state index in [9.17, 15) is 0 Å². The Balaban J connectivity index is 1.66. The highest BCUT2D eigenvalue weighted by molar-refractivity contribution is 5.31. The van der Waals surface area contributed by atoms with Crippen molar-refractivity contribution >= 4 is 0 Å². The van der Waals surface area contributed by atoms with Crippen molar-refractivity contribution in [3.63, 3.8) is 0 Å². The Labute approximate surface area is 126 Å². The Morgan fingerprint density at radius 2 is 1.71 bits per heavy atom. The first kappa shape index (κ1) is 15.4. The molecule has 0 saturated heterocycles. The van der Waals surface area contributed by atoms with E-state index in [0.29, 0.717) is 6.61 Å². The zero-order valence-corrected chi connectivity index (χ0v) is 12.7. The summed E-state index contributed by atoms with van der Waals surface area (Å²) in [5.41, 5.74) is 0. The van der Waals surface area contributed by atoms with Crippen LogP contribution < -0.4 is 14.8 Å². The van der Waals surface area contributed by atoms with E-state index in [1.807, 2.05) is 36.4 Å². The van der Waals surface area contributed by atoms with Gasteiger partial charge in [0.1, 0.15) is 23.9 Å². The Morgan fingerprint density at radius 3 is 2.29 bits per heavy atom. The van der Waals surface area contributed by atoms with Crippen molar-refractivity contribution in [1.29, 1.82) is 0 Å². The van der Waals surface area contributed by atoms with Gasteiger partial charge in [-0.15, -0.1) is 0 Å². The van der Waals surface area contributed by atoms with E-state index < -0.39 is 0 Å². The second-order valence-corrected chi connectivity index (χ2v) is 4.86. The first-order valence-electron chi connectivity index (χ1n) is 7.42. The molecule has 1 heterocycles. The van der Waals surface area contributed by atoms with Gasteiger partial charge < -0.3 is 19.2 Å². The van der Waals surface area contributed by atoms with Crippen LogP contribution in [0.4, 0.5) is 0 Å². The summed E-state index contributed by atoms with van der Waals surface area (Å²) in [5, 5.41) is 3.35. The van der Waals surface area contributed by atoms with Crippen molar-refractivity contribution in [2.45, 2.75) is 26.3 Å². The molecule has 2 rings (SSSR count). The third-order valence-electron chi connectivity index (χ3n) is 3.09. The van der Waals surface area contributed by atoms with Gasteiger partial charge in [-0.3, -0.25) is 0 Å². The van der Waals surface area contributed by atoms with Crippen LogP contribution in [0.25, 0.3) is 0 Å². The van der Waals surface area contributed by atoms with Crippen molar-refractivity contribution < 1.29 is 13.9 Å². The minimum atomic E-state index is 0.188. The first-order valence-corrected chi connectivity index (χ1v) is 7.42. The molecule has 0 fully saturated rings. The van der Waals surface area contributed by atoms with E-state index in [-0.39, 0.29) is 6.04 Å². The normalized spacial score (nSPS) is 12.1. The number of ether oxygens (including phenoxy) is 2. The Kier molecular flexibility index (Phi) is 6.16. The minimum absolute atomic E-state index is 0.188. The number of benzene rings is 1. The molecule has 2 aromatic rings. The number of rotatable bonds is 9. The molecule has 0 aliphatic rings. The molecular formula is C17H23NO3. The van der Waals surface area contributed by atoms with Gasteiger partial charge in [0.25, 0.3) is 0 Å². The number of hydrogen-bond acceptors (Lipinski definition) is 4. The fraction of sp³-hybridized carbons (Fsp3) is 0.412. The minimum Gasteiger partial charge on any atom is -0.494 e. The van der Waals surface area contributed by atoms with E-state index in [1.165, 1.54) is 0 Å². The lowest BCUT2D eigenvalue weighted by molar-refractivity contribution is 0.298. The predicted octanol–water partition coefficient (Wildman–Crippen LogP) is 3.80. The van der Waals surface area contributed by atoms with Gasteiger partial charge in [0.2, 0.25) is 0 Å². The molecule has 0 radical (unpaired) electrons. The predicted molar refractivity (Wildman–Crippen MR) is 82.8 cm³/mol. The van der Waals surface area contributed by atoms with E-state index >= 15 is 0 Å². The Morgan fingerprint density at radius 1 is 1.05 bits per heavy atom. The smallest absolute Gasteiger partial charge is 0.120 e.